The van der Waals surface area contributed by atoms with E-state index in [9.17, 15) is 4.79 Å². The molecular formula is C20H27N3OS. The van der Waals surface area contributed by atoms with Crippen LogP contribution in [0.3, 0.4) is 0 Å². The number of benzene rings is 1. The first-order valence-corrected chi connectivity index (χ1v) is 10.1. The zero-order chi connectivity index (χ0) is 17.5. The number of carbonyl (C=O) groups excluding carboxylic acids is 1. The Hall–Kier alpha value is -1.72. The van der Waals surface area contributed by atoms with Crippen molar-refractivity contribution in [3.8, 4) is 0 Å². The van der Waals surface area contributed by atoms with Crippen LogP contribution in [0.2, 0.25) is 0 Å². The Morgan fingerprint density at radius 1 is 1.16 bits per heavy atom. The summed E-state index contributed by atoms with van der Waals surface area (Å²) in [7, 11) is 0. The molecule has 134 valence electrons. The fourth-order valence-electron chi connectivity index (χ4n) is 3.27. The summed E-state index contributed by atoms with van der Waals surface area (Å²) in [5.41, 5.74) is 4.95. The minimum Gasteiger partial charge on any atom is -0.352 e. The predicted octanol–water partition coefficient (Wildman–Crippen LogP) is 3.80. The molecule has 2 aromatic rings. The molecule has 0 unspecified atom stereocenters. The van der Waals surface area contributed by atoms with Gasteiger partial charge in [-0.15, -0.1) is 11.3 Å². The van der Waals surface area contributed by atoms with Gasteiger partial charge in [-0.3, -0.25) is 9.69 Å². The first-order valence-electron chi connectivity index (χ1n) is 9.21. The molecule has 2 heterocycles. The van der Waals surface area contributed by atoms with Crippen LogP contribution in [0.15, 0.2) is 29.8 Å². The van der Waals surface area contributed by atoms with E-state index in [0.717, 1.165) is 24.2 Å². The maximum Gasteiger partial charge on any atom is 0.251 e. The van der Waals surface area contributed by atoms with Gasteiger partial charge in [0.1, 0.15) is 0 Å². The van der Waals surface area contributed by atoms with Gasteiger partial charge in [-0.1, -0.05) is 25.0 Å². The highest BCUT2D eigenvalue weighted by Crippen LogP contribution is 2.14. The van der Waals surface area contributed by atoms with Crippen molar-refractivity contribution in [2.24, 2.45) is 0 Å². The van der Waals surface area contributed by atoms with Crippen molar-refractivity contribution in [3.63, 3.8) is 0 Å². The van der Waals surface area contributed by atoms with E-state index in [1.165, 1.54) is 49.2 Å². The minimum atomic E-state index is 0.00323. The van der Waals surface area contributed by atoms with Gasteiger partial charge in [-0.25, -0.2) is 4.98 Å². The zero-order valence-electron chi connectivity index (χ0n) is 15.0. The van der Waals surface area contributed by atoms with Crippen molar-refractivity contribution in [1.29, 1.82) is 0 Å². The maximum absolute atomic E-state index is 12.3. The Balaban J connectivity index is 1.47. The van der Waals surface area contributed by atoms with Crippen LogP contribution in [0.5, 0.6) is 0 Å². The summed E-state index contributed by atoms with van der Waals surface area (Å²) in [5.74, 6) is 0.00323. The summed E-state index contributed by atoms with van der Waals surface area (Å²) < 4.78 is 0. The van der Waals surface area contributed by atoms with E-state index < -0.39 is 0 Å². The van der Waals surface area contributed by atoms with Crippen LogP contribution in [-0.2, 0) is 13.0 Å². The lowest BCUT2D eigenvalue weighted by Crippen LogP contribution is -2.26. The molecule has 25 heavy (non-hydrogen) atoms. The molecule has 1 aromatic carbocycles. The average molecular weight is 358 g/mol. The molecule has 1 amide bonds. The van der Waals surface area contributed by atoms with Crippen molar-refractivity contribution in [2.75, 3.05) is 19.6 Å². The lowest BCUT2D eigenvalue weighted by Gasteiger charge is -2.19. The van der Waals surface area contributed by atoms with Gasteiger partial charge < -0.3 is 5.32 Å². The van der Waals surface area contributed by atoms with Crippen molar-refractivity contribution in [2.45, 2.75) is 45.6 Å². The van der Waals surface area contributed by atoms with Crippen LogP contribution in [0.25, 0.3) is 0 Å². The predicted molar refractivity (Wildman–Crippen MR) is 103 cm³/mol. The van der Waals surface area contributed by atoms with Gasteiger partial charge in [-0.2, -0.15) is 0 Å². The number of hydrogen-bond acceptors (Lipinski definition) is 4. The van der Waals surface area contributed by atoms with E-state index in [0.29, 0.717) is 6.54 Å². The van der Waals surface area contributed by atoms with Crippen molar-refractivity contribution in [1.82, 2.24) is 15.2 Å². The highest BCUT2D eigenvalue weighted by molar-refractivity contribution is 7.09. The number of nitrogens with zero attached hydrogens (tertiary/aromatic N) is 2. The number of thiazole rings is 1. The lowest BCUT2D eigenvalue weighted by molar-refractivity contribution is 0.0954. The van der Waals surface area contributed by atoms with Gasteiger partial charge in [0, 0.05) is 30.0 Å². The van der Waals surface area contributed by atoms with E-state index >= 15 is 0 Å². The van der Waals surface area contributed by atoms with Gasteiger partial charge in [0.05, 0.1) is 11.2 Å². The molecular weight excluding hydrogens is 330 g/mol. The number of nitrogens with one attached hydrogen (secondary N) is 1. The third-order valence-corrected chi connectivity index (χ3v) is 5.80. The molecule has 1 saturated heterocycles. The number of likely N-dealkylation sites (tertiary alicyclic amines) is 1. The fraction of sp³-hybridized carbons (Fsp3) is 0.500. The summed E-state index contributed by atoms with van der Waals surface area (Å²) in [6, 6.07) is 8.07. The van der Waals surface area contributed by atoms with Crippen molar-refractivity contribution < 1.29 is 4.79 Å². The second kappa shape index (κ2) is 9.11. The van der Waals surface area contributed by atoms with Gasteiger partial charge >= 0.3 is 0 Å². The fourth-order valence-corrected chi connectivity index (χ4v) is 4.05. The normalized spacial score (nSPS) is 15.7. The number of rotatable bonds is 6. The third-order valence-electron chi connectivity index (χ3n) is 4.80. The zero-order valence-corrected chi connectivity index (χ0v) is 15.8. The number of aryl methyl sites for hydroxylation is 1. The largest absolute Gasteiger partial charge is 0.352 e. The van der Waals surface area contributed by atoms with E-state index in [1.54, 1.807) is 11.3 Å². The van der Waals surface area contributed by atoms with Crippen LogP contribution >= 0.6 is 11.3 Å². The Kier molecular flexibility index (Phi) is 6.59. The smallest absolute Gasteiger partial charge is 0.251 e. The first kappa shape index (κ1) is 18.1. The highest BCUT2D eigenvalue weighted by atomic mass is 32.1. The molecule has 0 spiro atoms. The Morgan fingerprint density at radius 3 is 2.52 bits per heavy atom. The Morgan fingerprint density at radius 2 is 1.88 bits per heavy atom. The van der Waals surface area contributed by atoms with E-state index in [-0.39, 0.29) is 5.91 Å². The van der Waals surface area contributed by atoms with E-state index in [2.05, 4.69) is 27.3 Å². The standard InChI is InChI=1S/C20H27N3OS/c1-16-19(25-15-22-16)10-11-21-20(24)18-8-6-17(7-9-18)14-23-12-4-2-3-5-13-23/h6-9,15H,2-5,10-14H2,1H3,(H,21,24). The van der Waals surface area contributed by atoms with Gasteiger partial charge in [0.15, 0.2) is 0 Å². The molecule has 0 saturated carbocycles. The molecule has 5 heteroatoms. The quantitative estimate of drug-likeness (QED) is 0.855. The molecule has 4 nitrogen and oxygen atoms in total. The molecule has 0 radical (unpaired) electrons. The summed E-state index contributed by atoms with van der Waals surface area (Å²) in [5, 5.41) is 3.00. The second-order valence-corrected chi connectivity index (χ2v) is 7.69. The lowest BCUT2D eigenvalue weighted by atomic mass is 10.1. The molecule has 1 aliphatic rings. The number of aromatic nitrogens is 1. The van der Waals surface area contributed by atoms with E-state index in [4.69, 9.17) is 0 Å². The summed E-state index contributed by atoms with van der Waals surface area (Å²) >= 11 is 1.65. The van der Waals surface area contributed by atoms with Crippen LogP contribution in [0.4, 0.5) is 0 Å². The molecule has 1 N–H and O–H groups in total. The monoisotopic (exact) mass is 357 g/mol. The summed E-state index contributed by atoms with van der Waals surface area (Å²) in [6.07, 6.45) is 6.17. The SMILES string of the molecule is Cc1ncsc1CCNC(=O)c1ccc(CN2CCCCCC2)cc1. The Bertz CT molecular complexity index is 673. The summed E-state index contributed by atoms with van der Waals surface area (Å²) in [4.78, 5) is 20.3. The van der Waals surface area contributed by atoms with Gasteiger partial charge in [-0.05, 0) is 50.6 Å². The van der Waals surface area contributed by atoms with Gasteiger partial charge in [0.2, 0.25) is 0 Å². The topological polar surface area (TPSA) is 45.2 Å². The van der Waals surface area contributed by atoms with Crippen LogP contribution < -0.4 is 5.32 Å². The summed E-state index contributed by atoms with van der Waals surface area (Å²) in [6.45, 7) is 6.04. The molecule has 1 fully saturated rings. The Labute approximate surface area is 154 Å². The minimum absolute atomic E-state index is 0.00323. The third kappa shape index (κ3) is 5.38. The van der Waals surface area contributed by atoms with Gasteiger partial charge in [0.25, 0.3) is 5.91 Å². The van der Waals surface area contributed by atoms with Crippen molar-refractivity contribution in [3.05, 3.63) is 51.5 Å². The molecule has 3 rings (SSSR count). The molecule has 1 aromatic heterocycles. The maximum atomic E-state index is 12.3. The number of carbonyl (C=O) groups is 1. The van der Waals surface area contributed by atoms with Crippen LogP contribution in [-0.4, -0.2) is 35.4 Å². The number of amides is 1. The van der Waals surface area contributed by atoms with E-state index in [1.807, 2.05) is 24.6 Å². The average Bonchev–Trinajstić information content (AvgIpc) is 2.86. The molecule has 0 atom stereocenters. The molecule has 0 aliphatic carbocycles. The first-order chi connectivity index (χ1) is 12.2. The highest BCUT2D eigenvalue weighted by Gasteiger charge is 2.10. The van der Waals surface area contributed by atoms with Crippen LogP contribution in [0.1, 0.15) is 52.2 Å². The van der Waals surface area contributed by atoms with Crippen LogP contribution in [0, 0.1) is 6.92 Å². The van der Waals surface area contributed by atoms with Crippen molar-refractivity contribution >= 4 is 17.2 Å². The molecule has 1 aliphatic heterocycles. The second-order valence-electron chi connectivity index (χ2n) is 6.75. The number of hydrogen-bond donors (Lipinski definition) is 1. The molecule has 0 bridgehead atoms.